The van der Waals surface area contributed by atoms with Crippen molar-refractivity contribution in [3.8, 4) is 0 Å². The van der Waals surface area contributed by atoms with Crippen LogP contribution in [-0.2, 0) is 19.1 Å². The smallest absolute Gasteiger partial charge is 0.306 e. The predicted molar refractivity (Wildman–Crippen MR) is 62.2 cm³/mol. The molecule has 2 rings (SSSR count). The van der Waals surface area contributed by atoms with Crippen molar-refractivity contribution in [1.82, 2.24) is 4.90 Å². The fourth-order valence-electron chi connectivity index (χ4n) is 2.38. The van der Waals surface area contributed by atoms with Gasteiger partial charge in [0.25, 0.3) is 5.91 Å². The first-order valence-corrected chi connectivity index (χ1v) is 6.40. The van der Waals surface area contributed by atoms with Crippen LogP contribution < -0.4 is 0 Å². The molecule has 2 saturated heterocycles. The lowest BCUT2D eigenvalue weighted by molar-refractivity contribution is -0.157. The van der Waals surface area contributed by atoms with Gasteiger partial charge in [-0.2, -0.15) is 0 Å². The molecule has 6 heteroatoms. The SMILES string of the molecule is O=C(O)CC1CN(C(=O)C2CCCCO2)CCO1. The van der Waals surface area contributed by atoms with Crippen LogP contribution in [0.2, 0.25) is 0 Å². The van der Waals surface area contributed by atoms with Crippen LogP contribution in [0.4, 0.5) is 0 Å². The predicted octanol–water partition coefficient (Wildman–Crippen LogP) is 0.258. The summed E-state index contributed by atoms with van der Waals surface area (Å²) in [6.45, 7) is 1.91. The van der Waals surface area contributed by atoms with Crippen LogP contribution in [0, 0.1) is 0 Å². The molecule has 1 N–H and O–H groups in total. The molecule has 2 heterocycles. The first-order valence-electron chi connectivity index (χ1n) is 6.40. The van der Waals surface area contributed by atoms with E-state index >= 15 is 0 Å². The second-order valence-corrected chi connectivity index (χ2v) is 4.73. The van der Waals surface area contributed by atoms with E-state index in [1.807, 2.05) is 0 Å². The second-order valence-electron chi connectivity index (χ2n) is 4.73. The molecule has 0 spiro atoms. The van der Waals surface area contributed by atoms with Gasteiger partial charge in [0.05, 0.1) is 19.1 Å². The normalized spacial score (nSPS) is 29.0. The Balaban J connectivity index is 1.87. The van der Waals surface area contributed by atoms with Crippen LogP contribution >= 0.6 is 0 Å². The maximum atomic E-state index is 12.2. The lowest BCUT2D eigenvalue weighted by atomic mass is 10.1. The quantitative estimate of drug-likeness (QED) is 0.784. The third-order valence-corrected chi connectivity index (χ3v) is 3.31. The molecule has 2 fully saturated rings. The molecule has 0 bridgehead atoms. The number of ether oxygens (including phenoxy) is 2. The lowest BCUT2D eigenvalue weighted by Gasteiger charge is -2.35. The highest BCUT2D eigenvalue weighted by atomic mass is 16.5. The maximum absolute atomic E-state index is 12.2. The molecule has 0 aliphatic carbocycles. The van der Waals surface area contributed by atoms with Crippen molar-refractivity contribution in [2.24, 2.45) is 0 Å². The highest BCUT2D eigenvalue weighted by Crippen LogP contribution is 2.17. The van der Waals surface area contributed by atoms with Gasteiger partial charge in [0.2, 0.25) is 0 Å². The molecule has 6 nitrogen and oxygen atoms in total. The fraction of sp³-hybridized carbons (Fsp3) is 0.833. The minimum Gasteiger partial charge on any atom is -0.481 e. The topological polar surface area (TPSA) is 76.1 Å². The molecule has 0 radical (unpaired) electrons. The molecule has 0 aromatic heterocycles. The summed E-state index contributed by atoms with van der Waals surface area (Å²) in [5.74, 6) is -0.920. The van der Waals surface area contributed by atoms with E-state index in [4.69, 9.17) is 14.6 Å². The minimum atomic E-state index is -0.900. The Hall–Kier alpha value is -1.14. The van der Waals surface area contributed by atoms with Crippen LogP contribution in [0.15, 0.2) is 0 Å². The van der Waals surface area contributed by atoms with Gasteiger partial charge in [-0.1, -0.05) is 0 Å². The average Bonchev–Trinajstić information content (AvgIpc) is 2.38. The maximum Gasteiger partial charge on any atom is 0.306 e. The van der Waals surface area contributed by atoms with Gasteiger partial charge in [-0.15, -0.1) is 0 Å². The minimum absolute atomic E-state index is 0.0200. The molecule has 0 saturated carbocycles. The third kappa shape index (κ3) is 3.43. The summed E-state index contributed by atoms with van der Waals surface area (Å²) in [7, 11) is 0. The van der Waals surface area contributed by atoms with Gasteiger partial charge in [0.1, 0.15) is 6.10 Å². The van der Waals surface area contributed by atoms with Gasteiger partial charge in [-0.3, -0.25) is 9.59 Å². The Labute approximate surface area is 106 Å². The van der Waals surface area contributed by atoms with Gasteiger partial charge in [0.15, 0.2) is 0 Å². The Kier molecular flexibility index (Phi) is 4.54. The van der Waals surface area contributed by atoms with Crippen molar-refractivity contribution in [3.05, 3.63) is 0 Å². The number of hydrogen-bond acceptors (Lipinski definition) is 4. The summed E-state index contributed by atoms with van der Waals surface area (Å²) in [4.78, 5) is 24.5. The number of carboxylic acids is 1. The van der Waals surface area contributed by atoms with Crippen molar-refractivity contribution >= 4 is 11.9 Å². The number of nitrogens with zero attached hydrogens (tertiary/aromatic N) is 1. The van der Waals surface area contributed by atoms with E-state index in [0.29, 0.717) is 26.3 Å². The number of aliphatic carboxylic acids is 1. The molecule has 2 aliphatic rings. The molecule has 0 aromatic rings. The fourth-order valence-corrected chi connectivity index (χ4v) is 2.38. The second kappa shape index (κ2) is 6.15. The zero-order chi connectivity index (χ0) is 13.0. The molecule has 2 unspecified atom stereocenters. The van der Waals surface area contributed by atoms with Crippen LogP contribution in [0.3, 0.4) is 0 Å². The first-order chi connectivity index (χ1) is 8.66. The Morgan fingerprint density at radius 1 is 1.22 bits per heavy atom. The third-order valence-electron chi connectivity index (χ3n) is 3.31. The van der Waals surface area contributed by atoms with Crippen LogP contribution in [0.1, 0.15) is 25.7 Å². The van der Waals surface area contributed by atoms with E-state index in [1.165, 1.54) is 0 Å². The standard InChI is InChI=1S/C12H19NO5/c14-11(15)7-9-8-13(4-6-17-9)12(16)10-3-1-2-5-18-10/h9-10H,1-8H2,(H,14,15). The van der Waals surface area contributed by atoms with Crippen LogP contribution in [0.5, 0.6) is 0 Å². The van der Waals surface area contributed by atoms with E-state index in [9.17, 15) is 9.59 Å². The summed E-state index contributed by atoms with van der Waals surface area (Å²) >= 11 is 0. The first kappa shape index (κ1) is 13.3. The van der Waals surface area contributed by atoms with Gasteiger partial charge < -0.3 is 19.5 Å². The lowest BCUT2D eigenvalue weighted by Crippen LogP contribution is -2.50. The summed E-state index contributed by atoms with van der Waals surface area (Å²) in [6.07, 6.45) is 1.98. The van der Waals surface area contributed by atoms with E-state index in [1.54, 1.807) is 4.90 Å². The monoisotopic (exact) mass is 257 g/mol. The van der Waals surface area contributed by atoms with Crippen molar-refractivity contribution in [3.63, 3.8) is 0 Å². The van der Waals surface area contributed by atoms with E-state index in [-0.39, 0.29) is 18.4 Å². The number of rotatable bonds is 3. The van der Waals surface area contributed by atoms with Crippen molar-refractivity contribution < 1.29 is 24.2 Å². The van der Waals surface area contributed by atoms with Gasteiger partial charge in [-0.05, 0) is 19.3 Å². The van der Waals surface area contributed by atoms with Gasteiger partial charge in [0, 0.05) is 19.7 Å². The van der Waals surface area contributed by atoms with Gasteiger partial charge >= 0.3 is 5.97 Å². The number of morpholine rings is 1. The van der Waals surface area contributed by atoms with Crippen molar-refractivity contribution in [1.29, 1.82) is 0 Å². The zero-order valence-corrected chi connectivity index (χ0v) is 10.3. The summed E-state index contributed by atoms with van der Waals surface area (Å²) < 4.78 is 10.8. The Morgan fingerprint density at radius 3 is 2.72 bits per heavy atom. The van der Waals surface area contributed by atoms with Crippen LogP contribution in [-0.4, -0.2) is 60.4 Å². The molecule has 2 atom stereocenters. The molecule has 18 heavy (non-hydrogen) atoms. The molecule has 0 aromatic carbocycles. The molecule has 2 aliphatic heterocycles. The number of carbonyl (C=O) groups is 2. The average molecular weight is 257 g/mol. The molecule has 102 valence electrons. The largest absolute Gasteiger partial charge is 0.481 e. The van der Waals surface area contributed by atoms with Gasteiger partial charge in [-0.25, -0.2) is 0 Å². The summed E-state index contributed by atoms with van der Waals surface area (Å²) in [5.41, 5.74) is 0. The van der Waals surface area contributed by atoms with Crippen molar-refractivity contribution in [2.45, 2.75) is 37.9 Å². The van der Waals surface area contributed by atoms with Crippen LogP contribution in [0.25, 0.3) is 0 Å². The number of carbonyl (C=O) groups excluding carboxylic acids is 1. The zero-order valence-electron chi connectivity index (χ0n) is 10.3. The number of hydrogen-bond donors (Lipinski definition) is 1. The Bertz CT molecular complexity index is 314. The highest BCUT2D eigenvalue weighted by molar-refractivity contribution is 5.81. The van der Waals surface area contributed by atoms with Crippen molar-refractivity contribution in [2.75, 3.05) is 26.3 Å². The summed E-state index contributed by atoms with van der Waals surface area (Å²) in [5, 5.41) is 8.73. The molecular weight excluding hydrogens is 238 g/mol. The summed E-state index contributed by atoms with van der Waals surface area (Å²) in [6, 6.07) is 0. The molecular formula is C12H19NO5. The Morgan fingerprint density at radius 2 is 2.06 bits per heavy atom. The highest BCUT2D eigenvalue weighted by Gasteiger charge is 2.31. The number of carboxylic acid groups (broad SMARTS) is 1. The van der Waals surface area contributed by atoms with E-state index in [2.05, 4.69) is 0 Å². The molecule has 1 amide bonds. The van der Waals surface area contributed by atoms with E-state index < -0.39 is 12.1 Å². The number of amides is 1. The van der Waals surface area contributed by atoms with E-state index in [0.717, 1.165) is 19.3 Å².